The van der Waals surface area contributed by atoms with E-state index in [-0.39, 0.29) is 18.4 Å². The van der Waals surface area contributed by atoms with Crippen molar-refractivity contribution in [2.45, 2.75) is 64.5 Å². The largest absolute Gasteiger partial charge is 0.481 e. The minimum atomic E-state index is -0.668. The lowest BCUT2D eigenvalue weighted by Gasteiger charge is -2.31. The Morgan fingerprint density at radius 1 is 1.32 bits per heavy atom. The summed E-state index contributed by atoms with van der Waals surface area (Å²) in [7, 11) is 0. The Kier molecular flexibility index (Phi) is 7.12. The van der Waals surface area contributed by atoms with Crippen molar-refractivity contribution < 1.29 is 14.3 Å². The van der Waals surface area contributed by atoms with Gasteiger partial charge in [-0.05, 0) is 56.4 Å². The molecule has 2 rings (SSSR count). The minimum Gasteiger partial charge on any atom is -0.481 e. The molecular weight excluding hydrogens is 340 g/mol. The van der Waals surface area contributed by atoms with E-state index in [1.54, 1.807) is 25.1 Å². The van der Waals surface area contributed by atoms with Crippen LogP contribution in [0.3, 0.4) is 0 Å². The van der Waals surface area contributed by atoms with Crippen molar-refractivity contribution in [1.29, 1.82) is 0 Å². The van der Waals surface area contributed by atoms with Crippen molar-refractivity contribution in [3.63, 3.8) is 0 Å². The maximum atomic E-state index is 12.5. The Balaban J connectivity index is 1.99. The highest BCUT2D eigenvalue weighted by atomic mass is 35.5. The number of benzene rings is 1. The van der Waals surface area contributed by atoms with E-state index in [2.05, 4.69) is 5.32 Å². The number of carbonyl (C=O) groups is 2. The summed E-state index contributed by atoms with van der Waals surface area (Å²) in [6.07, 6.45) is 5.01. The number of amides is 2. The first-order chi connectivity index (χ1) is 11.9. The average molecular weight is 367 g/mol. The second kappa shape index (κ2) is 9.09. The van der Waals surface area contributed by atoms with Gasteiger partial charge in [0.15, 0.2) is 6.10 Å². The van der Waals surface area contributed by atoms with Gasteiger partial charge in [0, 0.05) is 17.5 Å². The number of ether oxygens (including phenoxy) is 1. The second-order valence-corrected chi connectivity index (χ2v) is 7.29. The van der Waals surface area contributed by atoms with Crippen LogP contribution in [-0.4, -0.2) is 24.0 Å². The molecule has 3 N–H and O–H groups in total. The van der Waals surface area contributed by atoms with Gasteiger partial charge in [-0.3, -0.25) is 9.59 Å². The van der Waals surface area contributed by atoms with Crippen molar-refractivity contribution in [2.75, 3.05) is 0 Å². The summed E-state index contributed by atoms with van der Waals surface area (Å²) < 4.78 is 5.77. The number of nitrogens with two attached hydrogens (primary N) is 1. The molecule has 0 spiro atoms. The molecule has 6 heteroatoms. The first-order valence-corrected chi connectivity index (χ1v) is 9.26. The third-order valence-electron chi connectivity index (χ3n) is 4.78. The van der Waals surface area contributed by atoms with Gasteiger partial charge in [0.05, 0.1) is 0 Å². The van der Waals surface area contributed by atoms with E-state index in [1.807, 2.05) is 6.92 Å². The van der Waals surface area contributed by atoms with Gasteiger partial charge < -0.3 is 15.8 Å². The zero-order chi connectivity index (χ0) is 18.4. The van der Waals surface area contributed by atoms with Gasteiger partial charge in [-0.15, -0.1) is 0 Å². The number of nitrogens with one attached hydrogen (secondary N) is 1. The summed E-state index contributed by atoms with van der Waals surface area (Å²) in [6.45, 7) is 3.58. The van der Waals surface area contributed by atoms with Gasteiger partial charge >= 0.3 is 0 Å². The number of aryl methyl sites for hydroxylation is 1. The summed E-state index contributed by atoms with van der Waals surface area (Å²) in [5.74, 6) is 0.301. The minimum absolute atomic E-state index is 0.170. The molecule has 0 heterocycles. The highest BCUT2D eigenvalue weighted by Gasteiger charge is 2.28. The molecule has 1 aromatic carbocycles. The van der Waals surface area contributed by atoms with Crippen LogP contribution in [0.15, 0.2) is 18.2 Å². The third-order valence-corrected chi connectivity index (χ3v) is 5.01. The predicted molar refractivity (Wildman–Crippen MR) is 98.6 cm³/mol. The molecule has 5 nitrogen and oxygen atoms in total. The maximum absolute atomic E-state index is 12.5. The predicted octanol–water partition coefficient (Wildman–Crippen LogP) is 3.36. The van der Waals surface area contributed by atoms with Gasteiger partial charge in [-0.2, -0.15) is 0 Å². The van der Waals surface area contributed by atoms with Crippen molar-refractivity contribution in [3.8, 4) is 5.75 Å². The zero-order valence-electron chi connectivity index (χ0n) is 14.9. The van der Waals surface area contributed by atoms with Crippen LogP contribution in [0.1, 0.15) is 51.0 Å². The summed E-state index contributed by atoms with van der Waals surface area (Å²) >= 11 is 5.94. The van der Waals surface area contributed by atoms with Crippen LogP contribution < -0.4 is 15.8 Å². The standard InChI is InChI=1S/C19H27ClN2O3/c1-12-10-15(20)8-9-17(12)25-13(2)19(24)22-16(11-18(21)23)14-6-4-3-5-7-14/h8-10,13-14,16H,3-7,11H2,1-2H3,(H2,21,23)(H,22,24)/t13-,16+/m0/s1. The normalized spacial score (nSPS) is 17.6. The SMILES string of the molecule is Cc1cc(Cl)ccc1O[C@@H](C)C(=O)N[C@H](CC(N)=O)C1CCCCC1. The number of carbonyl (C=O) groups excluding carboxylic acids is 2. The molecule has 0 radical (unpaired) electrons. The summed E-state index contributed by atoms with van der Waals surface area (Å²) in [6, 6.07) is 5.05. The van der Waals surface area contributed by atoms with Crippen molar-refractivity contribution in [1.82, 2.24) is 5.32 Å². The number of hydrogen-bond acceptors (Lipinski definition) is 3. The van der Waals surface area contributed by atoms with Crippen molar-refractivity contribution >= 4 is 23.4 Å². The summed E-state index contributed by atoms with van der Waals surface area (Å²) in [4.78, 5) is 23.9. The molecule has 0 aromatic heterocycles. The molecule has 138 valence electrons. The van der Waals surface area contributed by atoms with E-state index in [1.165, 1.54) is 6.42 Å². The smallest absolute Gasteiger partial charge is 0.261 e. The van der Waals surface area contributed by atoms with E-state index in [0.717, 1.165) is 31.2 Å². The molecule has 1 aromatic rings. The number of primary amides is 1. The molecule has 0 saturated heterocycles. The Labute approximate surface area is 154 Å². The highest BCUT2D eigenvalue weighted by molar-refractivity contribution is 6.30. The van der Waals surface area contributed by atoms with Crippen molar-refractivity contribution in [3.05, 3.63) is 28.8 Å². The molecule has 2 atom stereocenters. The van der Waals surface area contributed by atoms with Crippen LogP contribution in [0, 0.1) is 12.8 Å². The molecule has 25 heavy (non-hydrogen) atoms. The maximum Gasteiger partial charge on any atom is 0.261 e. The molecule has 0 unspecified atom stereocenters. The molecule has 0 bridgehead atoms. The summed E-state index contributed by atoms with van der Waals surface area (Å²) in [5.41, 5.74) is 6.24. The average Bonchev–Trinajstić information content (AvgIpc) is 2.57. The fourth-order valence-electron chi connectivity index (χ4n) is 3.38. The van der Waals surface area contributed by atoms with Gasteiger partial charge in [-0.1, -0.05) is 30.9 Å². The lowest BCUT2D eigenvalue weighted by molar-refractivity contribution is -0.129. The quantitative estimate of drug-likeness (QED) is 0.776. The zero-order valence-corrected chi connectivity index (χ0v) is 15.6. The number of halogens is 1. The number of rotatable bonds is 7. The van der Waals surface area contributed by atoms with Crippen LogP contribution in [0.5, 0.6) is 5.75 Å². The lowest BCUT2D eigenvalue weighted by atomic mass is 9.82. The Hall–Kier alpha value is -1.75. The third kappa shape index (κ3) is 5.92. The molecule has 1 saturated carbocycles. The van der Waals surface area contributed by atoms with E-state index in [9.17, 15) is 9.59 Å². The Morgan fingerprint density at radius 2 is 2.00 bits per heavy atom. The molecule has 2 amide bonds. The summed E-state index contributed by atoms with van der Waals surface area (Å²) in [5, 5.41) is 3.60. The van der Waals surface area contributed by atoms with Crippen molar-refractivity contribution in [2.24, 2.45) is 11.7 Å². The van der Waals surface area contributed by atoms with Crippen LogP contribution in [0.2, 0.25) is 5.02 Å². The molecular formula is C19H27ClN2O3. The van der Waals surface area contributed by atoms with Gasteiger partial charge in [0.1, 0.15) is 5.75 Å². The first kappa shape index (κ1) is 19.6. The van der Waals surface area contributed by atoms with E-state index < -0.39 is 12.0 Å². The fourth-order valence-corrected chi connectivity index (χ4v) is 3.60. The van der Waals surface area contributed by atoms with Crippen LogP contribution in [0.4, 0.5) is 0 Å². The lowest BCUT2D eigenvalue weighted by Crippen LogP contribution is -2.48. The van der Waals surface area contributed by atoms with Crippen LogP contribution in [0.25, 0.3) is 0 Å². The molecule has 0 aliphatic heterocycles. The van der Waals surface area contributed by atoms with E-state index in [4.69, 9.17) is 22.1 Å². The fraction of sp³-hybridized carbons (Fsp3) is 0.579. The van der Waals surface area contributed by atoms with Gasteiger partial charge in [0.2, 0.25) is 5.91 Å². The van der Waals surface area contributed by atoms with Crippen LogP contribution in [-0.2, 0) is 9.59 Å². The molecule has 1 aliphatic rings. The van der Waals surface area contributed by atoms with E-state index in [0.29, 0.717) is 16.7 Å². The first-order valence-electron chi connectivity index (χ1n) is 8.88. The van der Waals surface area contributed by atoms with Gasteiger partial charge in [-0.25, -0.2) is 0 Å². The highest BCUT2D eigenvalue weighted by Crippen LogP contribution is 2.28. The second-order valence-electron chi connectivity index (χ2n) is 6.85. The topological polar surface area (TPSA) is 81.4 Å². The molecule has 1 aliphatic carbocycles. The molecule has 1 fully saturated rings. The Morgan fingerprint density at radius 3 is 2.60 bits per heavy atom. The van der Waals surface area contributed by atoms with E-state index >= 15 is 0 Å². The monoisotopic (exact) mass is 366 g/mol. The Bertz CT molecular complexity index is 615. The number of hydrogen-bond donors (Lipinski definition) is 2. The van der Waals surface area contributed by atoms with Gasteiger partial charge in [0.25, 0.3) is 5.91 Å². The van der Waals surface area contributed by atoms with Crippen LogP contribution >= 0.6 is 11.6 Å².